The van der Waals surface area contributed by atoms with Crippen LogP contribution in [-0.2, 0) is 9.31 Å². The van der Waals surface area contributed by atoms with E-state index in [0.717, 1.165) is 0 Å². The molecule has 1 heterocycles. The number of nitro benzene ring substituents is 1. The maximum absolute atomic E-state index is 11.6. The summed E-state index contributed by atoms with van der Waals surface area (Å²) in [6.07, 6.45) is 0. The molecule has 1 aliphatic heterocycles. The van der Waals surface area contributed by atoms with Crippen molar-refractivity contribution in [2.45, 2.75) is 38.9 Å². The number of ketones is 1. The van der Waals surface area contributed by atoms with Gasteiger partial charge in [-0.1, -0.05) is 6.07 Å². The van der Waals surface area contributed by atoms with Crippen molar-refractivity contribution < 1.29 is 24.1 Å². The first-order valence-corrected chi connectivity index (χ1v) is 6.87. The number of aliphatic hydroxyl groups is 1. The van der Waals surface area contributed by atoms with Gasteiger partial charge in [-0.25, -0.2) is 0 Å². The molecule has 1 aromatic rings. The van der Waals surface area contributed by atoms with Crippen molar-refractivity contribution in [3.8, 4) is 0 Å². The predicted molar refractivity (Wildman–Crippen MR) is 80.2 cm³/mol. The van der Waals surface area contributed by atoms with Gasteiger partial charge in [-0.3, -0.25) is 14.9 Å². The molecule has 0 radical (unpaired) electrons. The van der Waals surface area contributed by atoms with Gasteiger partial charge >= 0.3 is 7.12 Å². The van der Waals surface area contributed by atoms with Crippen LogP contribution in [0.3, 0.4) is 0 Å². The number of benzene rings is 1. The second-order valence-corrected chi connectivity index (χ2v) is 6.20. The van der Waals surface area contributed by atoms with E-state index in [2.05, 4.69) is 0 Å². The molecule has 1 N–H and O–H groups in total. The normalized spacial score (nSPS) is 19.2. The van der Waals surface area contributed by atoms with Gasteiger partial charge in [-0.15, -0.1) is 0 Å². The summed E-state index contributed by atoms with van der Waals surface area (Å²) in [5.41, 5.74) is -1.17. The number of aliphatic hydroxyl groups excluding tert-OH is 1. The van der Waals surface area contributed by atoms with E-state index in [1.165, 1.54) is 18.2 Å². The van der Waals surface area contributed by atoms with Crippen molar-refractivity contribution in [2.75, 3.05) is 6.61 Å². The van der Waals surface area contributed by atoms with Crippen LogP contribution in [0.5, 0.6) is 0 Å². The number of carbonyl (C=O) groups is 1. The van der Waals surface area contributed by atoms with Gasteiger partial charge < -0.3 is 14.4 Å². The lowest BCUT2D eigenvalue weighted by Crippen LogP contribution is -2.41. The van der Waals surface area contributed by atoms with Crippen LogP contribution in [-0.4, -0.2) is 40.7 Å². The maximum atomic E-state index is 11.6. The third-order valence-corrected chi connectivity index (χ3v) is 4.19. The minimum absolute atomic E-state index is 0.132. The van der Waals surface area contributed by atoms with Crippen molar-refractivity contribution in [1.29, 1.82) is 0 Å². The van der Waals surface area contributed by atoms with Crippen molar-refractivity contribution in [2.24, 2.45) is 0 Å². The van der Waals surface area contributed by atoms with Crippen LogP contribution < -0.4 is 5.46 Å². The van der Waals surface area contributed by atoms with E-state index in [4.69, 9.17) is 14.4 Å². The lowest BCUT2D eigenvalue weighted by molar-refractivity contribution is -0.385. The lowest BCUT2D eigenvalue weighted by atomic mass is 9.78. The number of hydrogen-bond acceptors (Lipinski definition) is 6. The third kappa shape index (κ3) is 2.77. The van der Waals surface area contributed by atoms with Gasteiger partial charge in [-0.05, 0) is 39.2 Å². The van der Waals surface area contributed by atoms with Crippen LogP contribution in [0, 0.1) is 10.1 Å². The molecule has 0 aromatic heterocycles. The fourth-order valence-corrected chi connectivity index (χ4v) is 2.15. The highest BCUT2D eigenvalue weighted by Crippen LogP contribution is 2.36. The molecule has 0 amide bonds. The molecule has 0 atom stereocenters. The van der Waals surface area contributed by atoms with E-state index in [1.54, 1.807) is 0 Å². The third-order valence-electron chi connectivity index (χ3n) is 4.19. The van der Waals surface area contributed by atoms with E-state index >= 15 is 0 Å². The Labute approximate surface area is 128 Å². The summed E-state index contributed by atoms with van der Waals surface area (Å²) >= 11 is 0. The predicted octanol–water partition coefficient (Wildman–Crippen LogP) is 1.07. The molecule has 1 aromatic carbocycles. The van der Waals surface area contributed by atoms with Crippen molar-refractivity contribution in [1.82, 2.24) is 0 Å². The average molecular weight is 307 g/mol. The molecule has 22 heavy (non-hydrogen) atoms. The molecule has 1 aliphatic rings. The summed E-state index contributed by atoms with van der Waals surface area (Å²) in [6.45, 7) is 6.74. The first kappa shape index (κ1) is 16.6. The van der Waals surface area contributed by atoms with E-state index in [-0.39, 0.29) is 11.3 Å². The van der Waals surface area contributed by atoms with Crippen LogP contribution >= 0.6 is 0 Å². The number of Topliss-reactive ketones (excluding diaryl/α,β-unsaturated/α-hetero) is 1. The largest absolute Gasteiger partial charge is 0.495 e. The molecular formula is C14H18BNO6. The zero-order valence-corrected chi connectivity index (χ0v) is 13.0. The molecule has 7 nitrogen and oxygen atoms in total. The SMILES string of the molecule is CC1(C)OB(c2ccc(C(=O)CO)c([N+](=O)[O-])c2)OC1(C)C. The summed E-state index contributed by atoms with van der Waals surface area (Å²) < 4.78 is 11.7. The number of hydrogen-bond donors (Lipinski definition) is 1. The van der Waals surface area contributed by atoms with E-state index in [1.807, 2.05) is 27.7 Å². The van der Waals surface area contributed by atoms with Gasteiger partial charge in [0, 0.05) is 6.07 Å². The molecule has 2 rings (SSSR count). The summed E-state index contributed by atoms with van der Waals surface area (Å²) in [6, 6.07) is 4.11. The summed E-state index contributed by atoms with van der Waals surface area (Å²) in [5.74, 6) is -0.702. The Morgan fingerprint density at radius 2 is 1.82 bits per heavy atom. The fraction of sp³-hybridized carbons (Fsp3) is 0.500. The van der Waals surface area contributed by atoms with Gasteiger partial charge in [0.15, 0.2) is 5.78 Å². The van der Waals surface area contributed by atoms with Gasteiger partial charge in [0.2, 0.25) is 0 Å². The Bertz CT molecular complexity index is 612. The molecule has 0 unspecified atom stereocenters. The summed E-state index contributed by atoms with van der Waals surface area (Å²) in [4.78, 5) is 22.1. The monoisotopic (exact) mass is 307 g/mol. The first-order chi connectivity index (χ1) is 10.1. The smallest absolute Gasteiger partial charge is 0.399 e. The van der Waals surface area contributed by atoms with Crippen LogP contribution in [0.25, 0.3) is 0 Å². The van der Waals surface area contributed by atoms with E-state index in [0.29, 0.717) is 5.46 Å². The number of nitro groups is 1. The molecular weight excluding hydrogens is 289 g/mol. The molecule has 8 heteroatoms. The lowest BCUT2D eigenvalue weighted by Gasteiger charge is -2.32. The van der Waals surface area contributed by atoms with Crippen molar-refractivity contribution >= 4 is 24.1 Å². The number of carbonyl (C=O) groups excluding carboxylic acids is 1. The Kier molecular flexibility index (Phi) is 4.12. The first-order valence-electron chi connectivity index (χ1n) is 6.87. The van der Waals surface area contributed by atoms with E-state index < -0.39 is 35.6 Å². The number of rotatable bonds is 4. The molecule has 0 saturated carbocycles. The highest BCUT2D eigenvalue weighted by Gasteiger charge is 2.52. The second-order valence-electron chi connectivity index (χ2n) is 6.20. The molecule has 0 bridgehead atoms. The van der Waals surface area contributed by atoms with Crippen LogP contribution in [0.15, 0.2) is 18.2 Å². The number of nitrogens with zero attached hydrogens (tertiary/aromatic N) is 1. The van der Waals surface area contributed by atoms with Crippen LogP contribution in [0.4, 0.5) is 5.69 Å². The molecule has 0 spiro atoms. The molecule has 1 fully saturated rings. The van der Waals surface area contributed by atoms with Gasteiger partial charge in [0.1, 0.15) is 6.61 Å². The van der Waals surface area contributed by atoms with Gasteiger partial charge in [0.05, 0.1) is 21.7 Å². The topological polar surface area (TPSA) is 98.9 Å². The average Bonchev–Trinajstić information content (AvgIpc) is 2.66. The Morgan fingerprint density at radius 3 is 2.27 bits per heavy atom. The quantitative estimate of drug-likeness (QED) is 0.386. The van der Waals surface area contributed by atoms with Crippen LogP contribution in [0.1, 0.15) is 38.1 Å². The minimum atomic E-state index is -0.781. The fourth-order valence-electron chi connectivity index (χ4n) is 2.15. The highest BCUT2D eigenvalue weighted by molar-refractivity contribution is 6.62. The standard InChI is InChI=1S/C14H18BNO6/c1-13(2)14(3,4)22-15(21-13)9-5-6-10(12(18)8-17)11(7-9)16(19)20/h5-7,17H,8H2,1-4H3. The van der Waals surface area contributed by atoms with Crippen molar-refractivity contribution in [3.63, 3.8) is 0 Å². The second kappa shape index (κ2) is 5.46. The summed E-state index contributed by atoms with van der Waals surface area (Å²) in [5, 5.41) is 20.0. The Morgan fingerprint density at radius 1 is 1.27 bits per heavy atom. The van der Waals surface area contributed by atoms with E-state index in [9.17, 15) is 14.9 Å². The zero-order chi connectivity index (χ0) is 16.7. The minimum Gasteiger partial charge on any atom is -0.399 e. The highest BCUT2D eigenvalue weighted by atomic mass is 16.7. The molecule has 1 saturated heterocycles. The zero-order valence-electron chi connectivity index (χ0n) is 13.0. The Hall–Kier alpha value is -1.77. The molecule has 118 valence electrons. The maximum Gasteiger partial charge on any atom is 0.495 e. The van der Waals surface area contributed by atoms with Gasteiger partial charge in [-0.2, -0.15) is 0 Å². The van der Waals surface area contributed by atoms with Crippen LogP contribution in [0.2, 0.25) is 0 Å². The molecule has 0 aliphatic carbocycles. The van der Waals surface area contributed by atoms with Crippen molar-refractivity contribution in [3.05, 3.63) is 33.9 Å². The Balaban J connectivity index is 2.41. The van der Waals surface area contributed by atoms with Gasteiger partial charge in [0.25, 0.3) is 5.69 Å². The summed E-state index contributed by atoms with van der Waals surface area (Å²) in [7, 11) is -0.748.